The quantitative estimate of drug-likeness (QED) is 0.112. The normalized spacial score (nSPS) is 17.1. The molecule has 1 aliphatic rings. The number of nitrogens with two attached hydrogens (primary N) is 1. The molecule has 14 nitrogen and oxygen atoms in total. The van der Waals surface area contributed by atoms with E-state index in [9.17, 15) is 38.7 Å². The molecular formula is C40H48N6O8. The Morgan fingerprint density at radius 1 is 0.704 bits per heavy atom. The molecule has 4 rings (SSSR count). The highest BCUT2D eigenvalue weighted by molar-refractivity contribution is 5.98. The zero-order valence-corrected chi connectivity index (χ0v) is 30.6. The summed E-state index contributed by atoms with van der Waals surface area (Å²) >= 11 is 0. The third-order valence-electron chi connectivity index (χ3n) is 9.14. The summed E-state index contributed by atoms with van der Waals surface area (Å²) in [6, 6.07) is 20.9. The molecule has 6 atom stereocenters. The van der Waals surface area contributed by atoms with Crippen LogP contribution in [0.2, 0.25) is 0 Å². The number of aliphatic carboxylic acids is 1. The van der Waals surface area contributed by atoms with Crippen molar-refractivity contribution in [1.29, 1.82) is 0 Å². The summed E-state index contributed by atoms with van der Waals surface area (Å²) in [6.45, 7) is 5.38. The van der Waals surface area contributed by atoms with E-state index in [2.05, 4.69) is 21.3 Å². The van der Waals surface area contributed by atoms with Crippen molar-refractivity contribution in [1.82, 2.24) is 26.2 Å². The van der Waals surface area contributed by atoms with Crippen molar-refractivity contribution < 1.29 is 38.7 Å². The number of carboxylic acids is 1. The number of primary amides is 1. The van der Waals surface area contributed by atoms with Gasteiger partial charge in [-0.3, -0.25) is 33.6 Å². The van der Waals surface area contributed by atoms with E-state index in [4.69, 9.17) is 5.73 Å². The Labute approximate surface area is 314 Å². The Bertz CT molecular complexity index is 1790. The summed E-state index contributed by atoms with van der Waals surface area (Å²) in [6.07, 6.45) is -0.435. The summed E-state index contributed by atoms with van der Waals surface area (Å²) in [5.41, 5.74) is 7.54. The molecule has 0 aromatic heterocycles. The summed E-state index contributed by atoms with van der Waals surface area (Å²) in [5, 5.41) is 19.9. The highest BCUT2D eigenvalue weighted by Crippen LogP contribution is 2.35. The van der Waals surface area contributed by atoms with Crippen LogP contribution in [0, 0.1) is 5.92 Å². The molecule has 14 heteroatoms. The molecule has 0 radical (unpaired) electrons. The monoisotopic (exact) mass is 740 g/mol. The van der Waals surface area contributed by atoms with Crippen LogP contribution < -0.4 is 27.0 Å². The van der Waals surface area contributed by atoms with Gasteiger partial charge in [0.05, 0.1) is 6.42 Å². The number of carbonyl (C=O) groups is 7. The Kier molecular flexibility index (Phi) is 14.4. The second-order valence-corrected chi connectivity index (χ2v) is 13.9. The minimum atomic E-state index is -1.54. The van der Waals surface area contributed by atoms with Gasteiger partial charge in [0.2, 0.25) is 35.4 Å². The van der Waals surface area contributed by atoms with Crippen molar-refractivity contribution in [2.75, 3.05) is 6.54 Å². The predicted molar refractivity (Wildman–Crippen MR) is 199 cm³/mol. The van der Waals surface area contributed by atoms with Gasteiger partial charge in [0.15, 0.2) is 0 Å². The number of carboxylic acid groups (broad SMARTS) is 1. The van der Waals surface area contributed by atoms with Gasteiger partial charge in [-0.2, -0.15) is 0 Å². The van der Waals surface area contributed by atoms with E-state index in [0.717, 1.165) is 5.56 Å². The molecule has 54 heavy (non-hydrogen) atoms. The second-order valence-electron chi connectivity index (χ2n) is 13.9. The van der Waals surface area contributed by atoms with Crippen molar-refractivity contribution >= 4 is 41.4 Å². The minimum absolute atomic E-state index is 0.0134. The van der Waals surface area contributed by atoms with E-state index < -0.39 is 78.1 Å². The number of amides is 6. The van der Waals surface area contributed by atoms with Gasteiger partial charge in [-0.1, -0.05) is 105 Å². The van der Waals surface area contributed by atoms with Crippen LogP contribution in [0.15, 0.2) is 91.0 Å². The van der Waals surface area contributed by atoms with E-state index in [0.29, 0.717) is 17.5 Å². The third kappa shape index (κ3) is 11.5. The van der Waals surface area contributed by atoms with Crippen molar-refractivity contribution in [2.24, 2.45) is 11.7 Å². The van der Waals surface area contributed by atoms with Crippen LogP contribution >= 0.6 is 0 Å². The fourth-order valence-electron chi connectivity index (χ4n) is 6.50. The summed E-state index contributed by atoms with van der Waals surface area (Å²) < 4.78 is 0. The first-order chi connectivity index (χ1) is 25.7. The van der Waals surface area contributed by atoms with Crippen molar-refractivity contribution in [3.05, 3.63) is 108 Å². The first-order valence-electron chi connectivity index (χ1n) is 17.9. The molecule has 1 aliphatic heterocycles. The number of hydrogen-bond donors (Lipinski definition) is 6. The molecule has 7 N–H and O–H groups in total. The highest BCUT2D eigenvalue weighted by atomic mass is 16.4. The summed E-state index contributed by atoms with van der Waals surface area (Å²) in [5.74, 6) is -5.77. The number of carbonyl (C=O) groups excluding carboxylic acids is 6. The fourth-order valence-corrected chi connectivity index (χ4v) is 6.50. The smallest absolute Gasteiger partial charge is 0.305 e. The molecule has 3 aromatic rings. The lowest BCUT2D eigenvalue weighted by Crippen LogP contribution is -2.68. The summed E-state index contributed by atoms with van der Waals surface area (Å²) in [4.78, 5) is 93.0. The molecular weight excluding hydrogens is 692 g/mol. The molecule has 1 heterocycles. The average Bonchev–Trinajstić information content (AvgIpc) is 3.10. The molecule has 0 spiro atoms. The van der Waals surface area contributed by atoms with Crippen LogP contribution in [0.4, 0.5) is 0 Å². The van der Waals surface area contributed by atoms with Crippen LogP contribution in [0.5, 0.6) is 0 Å². The Hall–Kier alpha value is -6.05. The topological polar surface area (TPSA) is 217 Å². The van der Waals surface area contributed by atoms with Crippen molar-refractivity contribution in [2.45, 2.75) is 82.6 Å². The third-order valence-corrected chi connectivity index (χ3v) is 9.14. The second kappa shape index (κ2) is 19.1. The zero-order chi connectivity index (χ0) is 39.4. The molecule has 0 saturated carbocycles. The Morgan fingerprint density at radius 2 is 1.19 bits per heavy atom. The maximum atomic E-state index is 14.4. The van der Waals surface area contributed by atoms with Gasteiger partial charge in [0.25, 0.3) is 0 Å². The molecule has 286 valence electrons. The standard InChI is InChI=1S/C40H48N6O8/c1-24(2)19-33(42-25(3)47)40(54)46-23-29(28-17-11-6-12-18-28)35(46)39(53)45-32(21-27-15-9-5-10-16-27)38(52)44-31(20-26-13-7-4-8-14-26)37(51)43-30(36(41)50)22-34(48)49/h4-18,24,29-33,35H,19-23H2,1-3H3,(H2,41,50)(H,42,47)(H,43,51)(H,44,52)(H,45,53)(H,48,49)/t29-,30-,31-,32-,33-,35+/m0/s1. The predicted octanol–water partition coefficient (Wildman–Crippen LogP) is 1.43. The van der Waals surface area contributed by atoms with Crippen molar-refractivity contribution in [3.63, 3.8) is 0 Å². The van der Waals surface area contributed by atoms with Gasteiger partial charge in [0, 0.05) is 32.2 Å². The number of hydrogen-bond acceptors (Lipinski definition) is 7. The lowest BCUT2D eigenvalue weighted by Gasteiger charge is -2.48. The maximum absolute atomic E-state index is 14.4. The van der Waals surface area contributed by atoms with E-state index in [1.165, 1.54) is 11.8 Å². The molecule has 0 unspecified atom stereocenters. The number of rotatable bonds is 18. The number of nitrogens with zero attached hydrogens (tertiary/aromatic N) is 1. The lowest BCUT2D eigenvalue weighted by molar-refractivity contribution is -0.152. The van der Waals surface area contributed by atoms with Crippen LogP contribution in [0.1, 0.15) is 56.2 Å². The van der Waals surface area contributed by atoms with Gasteiger partial charge in [0.1, 0.15) is 30.2 Å². The van der Waals surface area contributed by atoms with Crippen LogP contribution in [-0.2, 0) is 46.4 Å². The molecule has 1 fully saturated rings. The molecule has 0 aliphatic carbocycles. The van der Waals surface area contributed by atoms with Crippen LogP contribution in [0.3, 0.4) is 0 Å². The number of benzene rings is 3. The fraction of sp³-hybridized carbons (Fsp3) is 0.375. The highest BCUT2D eigenvalue weighted by Gasteiger charge is 2.49. The SMILES string of the molecule is CC(=O)N[C@@H](CC(C)C)C(=O)N1C[C@@H](c2ccccc2)[C@@H]1C(=O)N[C@@H](Cc1ccccc1)C(=O)N[C@@H](Cc1ccccc1)C(=O)N[C@@H](CC(=O)O)C(N)=O. The first-order valence-corrected chi connectivity index (χ1v) is 17.9. The van der Waals surface area contributed by atoms with Crippen LogP contribution in [0.25, 0.3) is 0 Å². The van der Waals surface area contributed by atoms with Gasteiger partial charge < -0.3 is 37.0 Å². The maximum Gasteiger partial charge on any atom is 0.305 e. The Balaban J connectivity index is 1.65. The first kappa shape index (κ1) is 40.7. The summed E-state index contributed by atoms with van der Waals surface area (Å²) in [7, 11) is 0. The minimum Gasteiger partial charge on any atom is -0.481 e. The molecule has 3 aromatic carbocycles. The lowest BCUT2D eigenvalue weighted by atomic mass is 9.80. The van der Waals surface area contributed by atoms with Crippen molar-refractivity contribution in [3.8, 4) is 0 Å². The molecule has 1 saturated heterocycles. The van der Waals surface area contributed by atoms with E-state index in [-0.39, 0.29) is 31.2 Å². The molecule has 0 bridgehead atoms. The van der Waals surface area contributed by atoms with Gasteiger partial charge in [-0.15, -0.1) is 0 Å². The van der Waals surface area contributed by atoms with Gasteiger partial charge >= 0.3 is 5.97 Å². The van der Waals surface area contributed by atoms with Crippen LogP contribution in [-0.4, -0.2) is 88.2 Å². The Morgan fingerprint density at radius 3 is 1.65 bits per heavy atom. The van der Waals surface area contributed by atoms with Gasteiger partial charge in [-0.05, 0) is 29.0 Å². The van der Waals surface area contributed by atoms with E-state index in [1.54, 1.807) is 60.7 Å². The number of likely N-dealkylation sites (tertiary alicyclic amines) is 1. The zero-order valence-electron chi connectivity index (χ0n) is 30.6. The van der Waals surface area contributed by atoms with E-state index in [1.807, 2.05) is 44.2 Å². The average molecular weight is 741 g/mol. The molecule has 6 amide bonds. The largest absolute Gasteiger partial charge is 0.481 e. The van der Waals surface area contributed by atoms with E-state index >= 15 is 0 Å². The van der Waals surface area contributed by atoms with Gasteiger partial charge in [-0.25, -0.2) is 0 Å². The number of nitrogens with one attached hydrogen (secondary N) is 4.